The molecule has 2 heterocycles. The van der Waals surface area contributed by atoms with Crippen LogP contribution >= 0.6 is 0 Å². The molecule has 0 aliphatic carbocycles. The molecule has 2 aliphatic heterocycles. The van der Waals surface area contributed by atoms with Crippen LogP contribution in [0.15, 0.2) is 49.0 Å². The molecule has 0 saturated carbocycles. The highest BCUT2D eigenvalue weighted by atomic mass is 32.2. The molecule has 0 bridgehead atoms. The lowest BCUT2D eigenvalue weighted by Crippen LogP contribution is -2.38. The summed E-state index contributed by atoms with van der Waals surface area (Å²) in [4.78, 5) is 16.8. The Labute approximate surface area is 166 Å². The van der Waals surface area contributed by atoms with Gasteiger partial charge in [0.05, 0.1) is 23.6 Å². The summed E-state index contributed by atoms with van der Waals surface area (Å²) in [5, 5.41) is 0. The van der Waals surface area contributed by atoms with E-state index in [2.05, 4.69) is 6.58 Å². The molecule has 2 amide bonds. The maximum atomic E-state index is 13.4. The van der Waals surface area contributed by atoms with Crippen LogP contribution in [-0.4, -0.2) is 42.9 Å². The van der Waals surface area contributed by atoms with Gasteiger partial charge in [-0.15, -0.1) is 0 Å². The van der Waals surface area contributed by atoms with Gasteiger partial charge in [-0.3, -0.25) is 4.90 Å². The lowest BCUT2D eigenvalue weighted by atomic mass is 10.1. The molecule has 6 heteroatoms. The van der Waals surface area contributed by atoms with Gasteiger partial charge in [-0.2, -0.15) is 0 Å². The molecular formula is C22H24N2O3S. The highest BCUT2D eigenvalue weighted by Crippen LogP contribution is 2.37. The molecule has 2 aromatic rings. The summed E-state index contributed by atoms with van der Waals surface area (Å²) in [5.41, 5.74) is 4.81. The zero-order valence-corrected chi connectivity index (χ0v) is 16.9. The van der Waals surface area contributed by atoms with Crippen molar-refractivity contribution in [3.63, 3.8) is 0 Å². The van der Waals surface area contributed by atoms with Crippen LogP contribution in [0.5, 0.6) is 0 Å². The summed E-state index contributed by atoms with van der Waals surface area (Å²) in [6.07, 6.45) is 1.77. The first-order valence-corrected chi connectivity index (χ1v) is 11.2. The third-order valence-electron chi connectivity index (χ3n) is 5.67. The molecule has 2 fully saturated rings. The summed E-state index contributed by atoms with van der Waals surface area (Å²) in [6, 6.07) is 13.0. The van der Waals surface area contributed by atoms with Crippen molar-refractivity contribution < 1.29 is 13.2 Å². The molecule has 2 aliphatic rings. The van der Waals surface area contributed by atoms with Crippen molar-refractivity contribution in [1.29, 1.82) is 0 Å². The van der Waals surface area contributed by atoms with Crippen molar-refractivity contribution in [2.75, 3.05) is 16.4 Å². The smallest absolute Gasteiger partial charge is 0.314 e. The Kier molecular flexibility index (Phi) is 4.54. The Morgan fingerprint density at radius 1 is 1.07 bits per heavy atom. The molecule has 4 rings (SSSR count). The average Bonchev–Trinajstić information content (AvgIpc) is 3.09. The van der Waals surface area contributed by atoms with Crippen molar-refractivity contribution >= 4 is 27.6 Å². The van der Waals surface area contributed by atoms with Gasteiger partial charge in [0.1, 0.15) is 0 Å². The van der Waals surface area contributed by atoms with E-state index in [1.165, 1.54) is 0 Å². The number of rotatable bonds is 4. The second-order valence-corrected chi connectivity index (χ2v) is 9.88. The molecule has 5 nitrogen and oxygen atoms in total. The lowest BCUT2D eigenvalue weighted by Gasteiger charge is -2.24. The zero-order valence-electron chi connectivity index (χ0n) is 16.1. The van der Waals surface area contributed by atoms with Gasteiger partial charge in [0, 0.05) is 12.2 Å². The number of carbonyl (C=O) groups excluding carboxylic acids is 1. The summed E-state index contributed by atoms with van der Waals surface area (Å²) in [7, 11) is -3.18. The van der Waals surface area contributed by atoms with E-state index in [1.54, 1.807) is 15.9 Å². The molecule has 0 aromatic heterocycles. The highest BCUT2D eigenvalue weighted by molar-refractivity contribution is 7.91. The van der Waals surface area contributed by atoms with Crippen molar-refractivity contribution in [3.8, 4) is 0 Å². The van der Waals surface area contributed by atoms with E-state index in [-0.39, 0.29) is 29.6 Å². The number of fused-ring (bicyclic) bond motifs is 1. The monoisotopic (exact) mass is 396 g/mol. The maximum Gasteiger partial charge on any atom is 0.325 e. The molecular weight excluding hydrogens is 372 g/mol. The Hall–Kier alpha value is -2.60. The minimum atomic E-state index is -3.18. The van der Waals surface area contributed by atoms with E-state index in [0.29, 0.717) is 6.54 Å². The van der Waals surface area contributed by atoms with Crippen LogP contribution in [0.4, 0.5) is 10.5 Å². The van der Waals surface area contributed by atoms with Crippen molar-refractivity contribution in [3.05, 3.63) is 71.3 Å². The van der Waals surface area contributed by atoms with E-state index in [0.717, 1.165) is 27.9 Å². The number of carbonyl (C=O) groups is 1. The number of nitrogens with zero attached hydrogens (tertiary/aromatic N) is 2. The average molecular weight is 397 g/mol. The molecule has 0 N–H and O–H groups in total. The molecule has 2 saturated heterocycles. The van der Waals surface area contributed by atoms with Crippen molar-refractivity contribution in [1.82, 2.24) is 4.90 Å². The van der Waals surface area contributed by atoms with Crippen LogP contribution in [0.2, 0.25) is 0 Å². The van der Waals surface area contributed by atoms with Gasteiger partial charge < -0.3 is 4.90 Å². The minimum absolute atomic E-state index is 0.0166. The van der Waals surface area contributed by atoms with Gasteiger partial charge in [-0.1, -0.05) is 49.1 Å². The SMILES string of the molecule is C=Cc1ccc(CN2C(=O)N(c3cc(C)ccc3C)C3CS(=O)(=O)CC32)cc1. The number of benzene rings is 2. The quantitative estimate of drug-likeness (QED) is 0.743. The number of aryl methyl sites for hydroxylation is 2. The van der Waals surface area contributed by atoms with E-state index in [4.69, 9.17) is 0 Å². The summed E-state index contributed by atoms with van der Waals surface area (Å²) in [6.45, 7) is 8.09. The second-order valence-electron chi connectivity index (χ2n) is 7.73. The van der Waals surface area contributed by atoms with E-state index in [9.17, 15) is 13.2 Å². The fourth-order valence-corrected chi connectivity index (χ4v) is 6.13. The first-order valence-electron chi connectivity index (χ1n) is 9.38. The first-order chi connectivity index (χ1) is 13.3. The topological polar surface area (TPSA) is 57.7 Å². The summed E-state index contributed by atoms with van der Waals surface area (Å²) < 4.78 is 24.8. The lowest BCUT2D eigenvalue weighted by molar-refractivity contribution is 0.206. The van der Waals surface area contributed by atoms with Gasteiger partial charge >= 0.3 is 6.03 Å². The molecule has 28 heavy (non-hydrogen) atoms. The normalized spacial score (nSPS) is 23.1. The Morgan fingerprint density at radius 3 is 2.43 bits per heavy atom. The fourth-order valence-electron chi connectivity index (χ4n) is 4.18. The minimum Gasteiger partial charge on any atom is -0.314 e. The predicted octanol–water partition coefficient (Wildman–Crippen LogP) is 3.55. The number of sulfone groups is 1. The number of hydrogen-bond acceptors (Lipinski definition) is 3. The highest BCUT2D eigenvalue weighted by Gasteiger charge is 2.54. The van der Waals surface area contributed by atoms with Crippen LogP contribution in [0.25, 0.3) is 6.08 Å². The Morgan fingerprint density at radius 2 is 1.75 bits per heavy atom. The van der Waals surface area contributed by atoms with Crippen LogP contribution in [0, 0.1) is 13.8 Å². The molecule has 0 spiro atoms. The Bertz CT molecular complexity index is 1040. The predicted molar refractivity (Wildman–Crippen MR) is 112 cm³/mol. The van der Waals surface area contributed by atoms with Crippen molar-refractivity contribution in [2.24, 2.45) is 0 Å². The maximum absolute atomic E-state index is 13.4. The number of amides is 2. The Balaban J connectivity index is 1.72. The second kappa shape index (κ2) is 6.78. The number of hydrogen-bond donors (Lipinski definition) is 0. The van der Waals surface area contributed by atoms with Crippen molar-refractivity contribution in [2.45, 2.75) is 32.5 Å². The molecule has 2 unspecified atom stereocenters. The summed E-state index contributed by atoms with van der Waals surface area (Å²) in [5.74, 6) is 0.0399. The summed E-state index contributed by atoms with van der Waals surface area (Å²) >= 11 is 0. The fraction of sp³-hybridized carbons (Fsp3) is 0.318. The van der Waals surface area contributed by atoms with E-state index in [1.807, 2.05) is 56.3 Å². The molecule has 146 valence electrons. The molecule has 2 aromatic carbocycles. The van der Waals surface area contributed by atoms with Crippen LogP contribution in [-0.2, 0) is 16.4 Å². The van der Waals surface area contributed by atoms with Crippen LogP contribution in [0.3, 0.4) is 0 Å². The molecule has 2 atom stereocenters. The van der Waals surface area contributed by atoms with Crippen LogP contribution in [0.1, 0.15) is 22.3 Å². The largest absolute Gasteiger partial charge is 0.325 e. The van der Waals surface area contributed by atoms with Gasteiger partial charge in [0.15, 0.2) is 9.84 Å². The number of anilines is 1. The van der Waals surface area contributed by atoms with Gasteiger partial charge in [0.2, 0.25) is 0 Å². The first kappa shape index (κ1) is 18.7. The third-order valence-corrected chi connectivity index (χ3v) is 7.37. The van der Waals surface area contributed by atoms with E-state index >= 15 is 0 Å². The number of urea groups is 1. The van der Waals surface area contributed by atoms with Gasteiger partial charge in [-0.05, 0) is 42.2 Å². The van der Waals surface area contributed by atoms with E-state index < -0.39 is 9.84 Å². The van der Waals surface area contributed by atoms with Gasteiger partial charge in [-0.25, -0.2) is 13.2 Å². The molecule has 0 radical (unpaired) electrons. The standard InChI is InChI=1S/C22H24N2O3S/c1-4-17-7-9-18(10-8-17)12-23-20-13-28(26,27)14-21(20)24(22(23)25)19-11-15(2)5-6-16(19)3/h4-11,20-21H,1,12-14H2,2-3H3. The van der Waals surface area contributed by atoms with Gasteiger partial charge in [0.25, 0.3) is 0 Å². The van der Waals surface area contributed by atoms with Crippen LogP contribution < -0.4 is 4.90 Å². The zero-order chi connectivity index (χ0) is 20.1. The third kappa shape index (κ3) is 3.22.